The summed E-state index contributed by atoms with van der Waals surface area (Å²) in [7, 11) is 0. The van der Waals surface area contributed by atoms with E-state index in [1.54, 1.807) is 6.20 Å². The maximum absolute atomic E-state index is 5.80. The minimum atomic E-state index is 0.414. The fourth-order valence-electron chi connectivity index (χ4n) is 3.93. The van der Waals surface area contributed by atoms with Gasteiger partial charge >= 0.3 is 0 Å². The van der Waals surface area contributed by atoms with Gasteiger partial charge in [0.2, 0.25) is 0 Å². The number of nitrogens with two attached hydrogens (primary N) is 1. The smallest absolute Gasteiger partial charge is 0.123 e. The molecule has 20 heavy (non-hydrogen) atoms. The van der Waals surface area contributed by atoms with Gasteiger partial charge in [-0.15, -0.1) is 0 Å². The summed E-state index contributed by atoms with van der Waals surface area (Å²) in [5.41, 5.74) is 7.79. The molecule has 1 saturated heterocycles. The number of thiocarbonyl (C=S) groups is 1. The van der Waals surface area contributed by atoms with Crippen LogP contribution in [0.3, 0.4) is 0 Å². The molecule has 0 bridgehead atoms. The molecule has 1 aliphatic heterocycles. The molecule has 2 fully saturated rings. The van der Waals surface area contributed by atoms with Gasteiger partial charge in [-0.25, -0.2) is 0 Å². The van der Waals surface area contributed by atoms with E-state index in [1.165, 1.54) is 50.6 Å². The van der Waals surface area contributed by atoms with Crippen molar-refractivity contribution < 1.29 is 0 Å². The van der Waals surface area contributed by atoms with Gasteiger partial charge in [-0.1, -0.05) is 31.1 Å². The number of likely N-dealkylation sites (tertiary alicyclic amines) is 1. The second-order valence-corrected chi connectivity index (χ2v) is 6.54. The maximum atomic E-state index is 5.80. The van der Waals surface area contributed by atoms with Gasteiger partial charge < -0.3 is 5.73 Å². The highest BCUT2D eigenvalue weighted by Gasteiger charge is 2.33. The monoisotopic (exact) mass is 289 g/mol. The molecule has 4 heteroatoms. The first-order valence-corrected chi connectivity index (χ1v) is 8.14. The third-order valence-electron chi connectivity index (χ3n) is 4.86. The molecular weight excluding hydrogens is 266 g/mol. The summed E-state index contributed by atoms with van der Waals surface area (Å²) in [5.74, 6) is 0.905. The van der Waals surface area contributed by atoms with Crippen LogP contribution in [0.25, 0.3) is 0 Å². The molecule has 1 saturated carbocycles. The lowest BCUT2D eigenvalue weighted by molar-refractivity contribution is 0.183. The first-order chi connectivity index (χ1) is 9.75. The molecule has 0 radical (unpaired) electrons. The minimum Gasteiger partial charge on any atom is -0.388 e. The van der Waals surface area contributed by atoms with E-state index in [2.05, 4.69) is 16.0 Å². The van der Waals surface area contributed by atoms with Crippen LogP contribution in [0.15, 0.2) is 18.3 Å². The van der Waals surface area contributed by atoms with E-state index in [4.69, 9.17) is 18.0 Å². The van der Waals surface area contributed by atoms with Gasteiger partial charge in [0.1, 0.15) is 10.7 Å². The van der Waals surface area contributed by atoms with Crippen molar-refractivity contribution in [1.29, 1.82) is 0 Å². The average Bonchev–Trinajstić information content (AvgIpc) is 3.09. The predicted molar refractivity (Wildman–Crippen MR) is 85.5 cm³/mol. The third-order valence-corrected chi connectivity index (χ3v) is 5.05. The van der Waals surface area contributed by atoms with E-state index in [9.17, 15) is 0 Å². The van der Waals surface area contributed by atoms with E-state index < -0.39 is 0 Å². The standard InChI is InChI=1S/C16H23N3S/c17-16(20)15-13(7-3-9-18-15)11-19-10-4-8-14(19)12-5-1-2-6-12/h3,7,9,12,14H,1-2,4-6,8,10-11H2,(H2,17,20). The van der Waals surface area contributed by atoms with Gasteiger partial charge in [-0.05, 0) is 49.8 Å². The molecule has 1 aliphatic carbocycles. The first-order valence-electron chi connectivity index (χ1n) is 7.73. The zero-order chi connectivity index (χ0) is 13.9. The highest BCUT2D eigenvalue weighted by atomic mass is 32.1. The molecule has 3 rings (SSSR count). The molecule has 2 aliphatic rings. The number of aromatic nitrogens is 1. The van der Waals surface area contributed by atoms with Crippen molar-refractivity contribution in [3.8, 4) is 0 Å². The number of hydrogen-bond acceptors (Lipinski definition) is 3. The Labute approximate surface area is 126 Å². The molecule has 2 N–H and O–H groups in total. The second-order valence-electron chi connectivity index (χ2n) is 6.10. The quantitative estimate of drug-likeness (QED) is 0.866. The number of nitrogens with zero attached hydrogens (tertiary/aromatic N) is 2. The maximum Gasteiger partial charge on any atom is 0.123 e. The van der Waals surface area contributed by atoms with Gasteiger partial charge in [0.25, 0.3) is 0 Å². The van der Waals surface area contributed by atoms with Gasteiger partial charge in [0.15, 0.2) is 0 Å². The van der Waals surface area contributed by atoms with Crippen LogP contribution < -0.4 is 5.73 Å². The van der Waals surface area contributed by atoms with Crippen LogP contribution in [0.4, 0.5) is 0 Å². The second kappa shape index (κ2) is 6.19. The van der Waals surface area contributed by atoms with E-state index in [0.717, 1.165) is 24.2 Å². The van der Waals surface area contributed by atoms with E-state index in [1.807, 2.05) is 6.07 Å². The first kappa shape index (κ1) is 14.0. The zero-order valence-electron chi connectivity index (χ0n) is 11.9. The van der Waals surface area contributed by atoms with Crippen molar-refractivity contribution in [2.45, 2.75) is 51.1 Å². The van der Waals surface area contributed by atoms with Gasteiger partial charge in [0.05, 0.1) is 0 Å². The SMILES string of the molecule is NC(=S)c1ncccc1CN1CCCC1C1CCCC1. The Morgan fingerprint density at radius 1 is 1.30 bits per heavy atom. The molecule has 108 valence electrons. The van der Waals surface area contributed by atoms with Crippen molar-refractivity contribution >= 4 is 17.2 Å². The van der Waals surface area contributed by atoms with E-state index >= 15 is 0 Å². The van der Waals surface area contributed by atoms with Crippen molar-refractivity contribution in [1.82, 2.24) is 9.88 Å². The minimum absolute atomic E-state index is 0.414. The summed E-state index contributed by atoms with van der Waals surface area (Å²) in [4.78, 5) is 7.40. The Kier molecular flexibility index (Phi) is 4.32. The topological polar surface area (TPSA) is 42.1 Å². The fraction of sp³-hybridized carbons (Fsp3) is 0.625. The third kappa shape index (κ3) is 2.86. The molecule has 0 spiro atoms. The number of hydrogen-bond donors (Lipinski definition) is 1. The van der Waals surface area contributed by atoms with Crippen molar-refractivity contribution in [3.63, 3.8) is 0 Å². The van der Waals surface area contributed by atoms with Gasteiger partial charge in [-0.2, -0.15) is 0 Å². The molecule has 1 aromatic heterocycles. The lowest BCUT2D eigenvalue weighted by Gasteiger charge is -2.29. The summed E-state index contributed by atoms with van der Waals surface area (Å²) >= 11 is 5.12. The Morgan fingerprint density at radius 3 is 2.85 bits per heavy atom. The van der Waals surface area contributed by atoms with Crippen molar-refractivity contribution in [2.75, 3.05) is 6.54 Å². The van der Waals surface area contributed by atoms with Gasteiger partial charge in [0, 0.05) is 18.8 Å². The molecule has 3 nitrogen and oxygen atoms in total. The average molecular weight is 289 g/mol. The van der Waals surface area contributed by atoms with Crippen LogP contribution in [-0.4, -0.2) is 27.5 Å². The van der Waals surface area contributed by atoms with Crippen molar-refractivity contribution in [2.24, 2.45) is 11.7 Å². The predicted octanol–water partition coefficient (Wildman–Crippen LogP) is 2.87. The molecule has 1 unspecified atom stereocenters. The van der Waals surface area contributed by atoms with Crippen LogP contribution in [-0.2, 0) is 6.54 Å². The molecule has 2 heterocycles. The van der Waals surface area contributed by atoms with Crippen LogP contribution >= 0.6 is 12.2 Å². The largest absolute Gasteiger partial charge is 0.388 e. The number of rotatable bonds is 4. The summed E-state index contributed by atoms with van der Waals surface area (Å²) in [6.07, 6.45) is 10.1. The summed E-state index contributed by atoms with van der Waals surface area (Å²) < 4.78 is 0. The summed E-state index contributed by atoms with van der Waals surface area (Å²) in [6, 6.07) is 4.86. The Bertz CT molecular complexity index is 482. The summed E-state index contributed by atoms with van der Waals surface area (Å²) in [6.45, 7) is 2.15. The van der Waals surface area contributed by atoms with Gasteiger partial charge in [-0.3, -0.25) is 9.88 Å². The van der Waals surface area contributed by atoms with Crippen LogP contribution in [0.2, 0.25) is 0 Å². The molecule has 1 atom stereocenters. The lowest BCUT2D eigenvalue weighted by Crippen LogP contribution is -2.34. The molecule has 0 aromatic carbocycles. The normalized spacial score (nSPS) is 24.3. The van der Waals surface area contributed by atoms with E-state index in [0.29, 0.717) is 4.99 Å². The molecule has 0 amide bonds. The number of pyridine rings is 1. The lowest BCUT2D eigenvalue weighted by atomic mass is 9.95. The van der Waals surface area contributed by atoms with E-state index in [-0.39, 0.29) is 0 Å². The Morgan fingerprint density at radius 2 is 2.10 bits per heavy atom. The molecule has 1 aromatic rings. The molecular formula is C16H23N3S. The van der Waals surface area contributed by atoms with Crippen LogP contribution in [0.1, 0.15) is 49.8 Å². The Balaban J connectivity index is 1.75. The zero-order valence-corrected chi connectivity index (χ0v) is 12.7. The Hall–Kier alpha value is -1.00. The van der Waals surface area contributed by atoms with Crippen molar-refractivity contribution in [3.05, 3.63) is 29.6 Å². The van der Waals surface area contributed by atoms with Crippen LogP contribution in [0, 0.1) is 5.92 Å². The summed E-state index contributed by atoms with van der Waals surface area (Å²) in [5, 5.41) is 0. The highest BCUT2D eigenvalue weighted by Crippen LogP contribution is 2.36. The fourth-order valence-corrected chi connectivity index (χ4v) is 4.11. The van der Waals surface area contributed by atoms with Crippen LogP contribution in [0.5, 0.6) is 0 Å². The highest BCUT2D eigenvalue weighted by molar-refractivity contribution is 7.80.